The summed E-state index contributed by atoms with van der Waals surface area (Å²) in [5.74, 6) is 6.25. The monoisotopic (exact) mass is 273 g/mol. The van der Waals surface area contributed by atoms with Crippen molar-refractivity contribution in [3.05, 3.63) is 59.7 Å². The molecule has 1 aromatic carbocycles. The van der Waals surface area contributed by atoms with Crippen LogP contribution in [0.1, 0.15) is 17.2 Å². The molecule has 0 fully saturated rings. The van der Waals surface area contributed by atoms with Crippen LogP contribution in [0.4, 0.5) is 4.39 Å². The average Bonchev–Trinajstić information content (AvgIpc) is 2.50. The molecule has 0 radical (unpaired) electrons. The summed E-state index contributed by atoms with van der Waals surface area (Å²) in [6, 6.07) is 9.25. The third kappa shape index (κ3) is 2.37. The molecule has 0 bridgehead atoms. The molecular weight excluding hydrogens is 257 g/mol. The minimum absolute atomic E-state index is 0.0757. The van der Waals surface area contributed by atoms with Crippen LogP contribution in [-0.2, 0) is 6.42 Å². The highest BCUT2D eigenvalue weighted by Gasteiger charge is 2.29. The molecule has 0 saturated carbocycles. The van der Waals surface area contributed by atoms with E-state index in [4.69, 9.17) is 10.6 Å². The number of aromatic nitrogens is 1. The first-order chi connectivity index (χ1) is 9.79. The number of ether oxygens (including phenoxy) is 1. The number of nitrogens with one attached hydrogen (secondary N) is 1. The number of hydrogen-bond donors (Lipinski definition) is 2. The summed E-state index contributed by atoms with van der Waals surface area (Å²) in [6.45, 7) is 0.508. The Morgan fingerprint density at radius 1 is 1.35 bits per heavy atom. The van der Waals surface area contributed by atoms with Gasteiger partial charge in [-0.05, 0) is 24.1 Å². The zero-order chi connectivity index (χ0) is 13.9. The third-order valence-corrected chi connectivity index (χ3v) is 3.70. The van der Waals surface area contributed by atoms with Crippen molar-refractivity contribution in [2.24, 2.45) is 11.8 Å². The minimum Gasteiger partial charge on any atom is -0.493 e. The van der Waals surface area contributed by atoms with E-state index < -0.39 is 0 Å². The molecule has 0 spiro atoms. The van der Waals surface area contributed by atoms with Crippen LogP contribution < -0.4 is 16.0 Å². The van der Waals surface area contributed by atoms with Crippen LogP contribution in [0, 0.1) is 11.7 Å². The lowest BCUT2D eigenvalue weighted by molar-refractivity contribution is 0.183. The van der Waals surface area contributed by atoms with Crippen molar-refractivity contribution in [1.29, 1.82) is 0 Å². The maximum absolute atomic E-state index is 13.9. The standard InChI is InChI=1S/C15H16FN3O/c16-13-8-18-6-5-12(13)15(19-17)11-7-10-3-1-2-4-14(10)20-9-11/h1-6,8,11,15,19H,7,9,17H2. The van der Waals surface area contributed by atoms with Crippen LogP contribution in [0.2, 0.25) is 0 Å². The van der Waals surface area contributed by atoms with Crippen molar-refractivity contribution >= 4 is 0 Å². The first kappa shape index (κ1) is 13.0. The molecule has 4 nitrogen and oxygen atoms in total. The van der Waals surface area contributed by atoms with Crippen LogP contribution in [-0.4, -0.2) is 11.6 Å². The Kier molecular flexibility index (Phi) is 3.62. The third-order valence-electron chi connectivity index (χ3n) is 3.70. The van der Waals surface area contributed by atoms with E-state index in [0.29, 0.717) is 12.2 Å². The lowest BCUT2D eigenvalue weighted by atomic mass is 9.87. The molecule has 20 heavy (non-hydrogen) atoms. The van der Waals surface area contributed by atoms with Crippen LogP contribution in [0.3, 0.4) is 0 Å². The van der Waals surface area contributed by atoms with Crippen LogP contribution >= 0.6 is 0 Å². The topological polar surface area (TPSA) is 60.2 Å². The second-order valence-corrected chi connectivity index (χ2v) is 4.92. The number of benzene rings is 1. The molecule has 1 aliphatic rings. The van der Waals surface area contributed by atoms with Crippen molar-refractivity contribution in [3.8, 4) is 5.75 Å². The van der Waals surface area contributed by atoms with Gasteiger partial charge in [0.2, 0.25) is 0 Å². The average molecular weight is 273 g/mol. The van der Waals surface area contributed by atoms with E-state index in [9.17, 15) is 4.39 Å². The van der Waals surface area contributed by atoms with E-state index in [1.807, 2.05) is 24.3 Å². The molecule has 3 N–H and O–H groups in total. The predicted molar refractivity (Wildman–Crippen MR) is 73.4 cm³/mol. The van der Waals surface area contributed by atoms with Crippen molar-refractivity contribution in [3.63, 3.8) is 0 Å². The first-order valence-electron chi connectivity index (χ1n) is 6.56. The van der Waals surface area contributed by atoms with Crippen molar-refractivity contribution in [1.82, 2.24) is 10.4 Å². The van der Waals surface area contributed by atoms with Gasteiger partial charge in [-0.25, -0.2) is 4.39 Å². The lowest BCUT2D eigenvalue weighted by Gasteiger charge is -2.31. The number of fused-ring (bicyclic) bond motifs is 1. The second-order valence-electron chi connectivity index (χ2n) is 4.92. The number of nitrogens with zero attached hydrogens (tertiary/aromatic N) is 1. The minimum atomic E-state index is -0.352. The Morgan fingerprint density at radius 3 is 3.00 bits per heavy atom. The first-order valence-corrected chi connectivity index (χ1v) is 6.56. The normalized spacial score (nSPS) is 19.0. The number of nitrogens with two attached hydrogens (primary N) is 1. The van der Waals surface area contributed by atoms with Crippen LogP contribution in [0.25, 0.3) is 0 Å². The molecule has 5 heteroatoms. The Bertz CT molecular complexity index is 605. The Labute approximate surface area is 116 Å². The van der Waals surface area contributed by atoms with E-state index in [1.165, 1.54) is 6.20 Å². The number of hydrogen-bond acceptors (Lipinski definition) is 4. The molecular formula is C15H16FN3O. The number of rotatable bonds is 3. The summed E-state index contributed by atoms with van der Waals surface area (Å²) in [5, 5.41) is 0. The highest BCUT2D eigenvalue weighted by molar-refractivity contribution is 5.36. The van der Waals surface area contributed by atoms with Gasteiger partial charge in [-0.3, -0.25) is 16.3 Å². The maximum atomic E-state index is 13.9. The van der Waals surface area contributed by atoms with E-state index in [0.717, 1.165) is 17.7 Å². The zero-order valence-electron chi connectivity index (χ0n) is 10.9. The quantitative estimate of drug-likeness (QED) is 0.663. The largest absolute Gasteiger partial charge is 0.493 e. The number of halogens is 1. The summed E-state index contributed by atoms with van der Waals surface area (Å²) in [7, 11) is 0. The second kappa shape index (κ2) is 5.56. The van der Waals surface area contributed by atoms with Gasteiger partial charge >= 0.3 is 0 Å². The fraction of sp³-hybridized carbons (Fsp3) is 0.267. The molecule has 1 aliphatic heterocycles. The SMILES string of the molecule is NNC(c1ccncc1F)C1COc2ccccc2C1. The van der Waals surface area contributed by atoms with E-state index >= 15 is 0 Å². The van der Waals surface area contributed by atoms with Gasteiger partial charge in [0.05, 0.1) is 18.8 Å². The van der Waals surface area contributed by atoms with Gasteiger partial charge in [-0.2, -0.15) is 0 Å². The van der Waals surface area contributed by atoms with Gasteiger partial charge in [0.25, 0.3) is 0 Å². The zero-order valence-corrected chi connectivity index (χ0v) is 10.9. The lowest BCUT2D eigenvalue weighted by Crippen LogP contribution is -2.39. The van der Waals surface area contributed by atoms with Gasteiger partial charge in [0.1, 0.15) is 11.6 Å². The molecule has 3 rings (SSSR count). The van der Waals surface area contributed by atoms with E-state index in [1.54, 1.807) is 12.3 Å². The van der Waals surface area contributed by atoms with Crippen molar-refractivity contribution in [2.75, 3.05) is 6.61 Å². The summed E-state index contributed by atoms with van der Waals surface area (Å²) < 4.78 is 19.6. The molecule has 2 heterocycles. The Balaban J connectivity index is 1.87. The summed E-state index contributed by atoms with van der Waals surface area (Å²) in [4.78, 5) is 3.77. The number of para-hydroxylation sites is 1. The van der Waals surface area contributed by atoms with Crippen LogP contribution in [0.15, 0.2) is 42.7 Å². The Hall–Kier alpha value is -1.98. The van der Waals surface area contributed by atoms with Crippen LogP contribution in [0.5, 0.6) is 5.75 Å². The number of hydrazine groups is 1. The molecule has 2 atom stereocenters. The van der Waals surface area contributed by atoms with Gasteiger partial charge in [-0.15, -0.1) is 0 Å². The fourth-order valence-corrected chi connectivity index (χ4v) is 2.68. The van der Waals surface area contributed by atoms with Crippen molar-refractivity contribution < 1.29 is 9.13 Å². The highest BCUT2D eigenvalue weighted by atomic mass is 19.1. The fourth-order valence-electron chi connectivity index (χ4n) is 2.68. The molecule has 0 saturated heterocycles. The maximum Gasteiger partial charge on any atom is 0.146 e. The summed E-state index contributed by atoms with van der Waals surface area (Å²) in [6.07, 6.45) is 3.57. The molecule has 2 unspecified atom stereocenters. The van der Waals surface area contributed by atoms with E-state index in [-0.39, 0.29) is 17.8 Å². The smallest absolute Gasteiger partial charge is 0.146 e. The van der Waals surface area contributed by atoms with Crippen molar-refractivity contribution in [2.45, 2.75) is 12.5 Å². The van der Waals surface area contributed by atoms with Gasteiger partial charge in [0.15, 0.2) is 0 Å². The summed E-state index contributed by atoms with van der Waals surface area (Å²) >= 11 is 0. The molecule has 2 aromatic rings. The molecule has 0 aliphatic carbocycles. The van der Waals surface area contributed by atoms with Gasteiger partial charge in [-0.1, -0.05) is 18.2 Å². The molecule has 104 valence electrons. The molecule has 0 amide bonds. The molecule has 1 aromatic heterocycles. The highest BCUT2D eigenvalue weighted by Crippen LogP contribution is 2.33. The summed E-state index contributed by atoms with van der Waals surface area (Å²) in [5.41, 5.74) is 4.36. The Morgan fingerprint density at radius 2 is 2.20 bits per heavy atom. The van der Waals surface area contributed by atoms with E-state index in [2.05, 4.69) is 10.4 Å². The van der Waals surface area contributed by atoms with Gasteiger partial charge in [0, 0.05) is 17.7 Å². The predicted octanol–water partition coefficient (Wildman–Crippen LogP) is 1.98. The van der Waals surface area contributed by atoms with Gasteiger partial charge < -0.3 is 4.74 Å². The number of pyridine rings is 1.